The normalized spacial score (nSPS) is 13.7. The number of sulfonamides is 1. The Kier molecular flexibility index (Phi) is 4.40. The Morgan fingerprint density at radius 3 is 2.44 bits per heavy atom. The predicted octanol–water partition coefficient (Wildman–Crippen LogP) is 0.626. The Morgan fingerprint density at radius 1 is 1.38 bits per heavy atom. The molecule has 1 aromatic carbocycles. The molecule has 0 saturated heterocycles. The third-order valence-corrected chi connectivity index (χ3v) is 3.93. The van der Waals surface area contributed by atoms with E-state index in [1.165, 1.54) is 31.2 Å². The monoisotopic (exact) mass is 247 g/mol. The fourth-order valence-corrected chi connectivity index (χ4v) is 1.88. The van der Waals surface area contributed by atoms with E-state index in [2.05, 4.69) is 4.72 Å². The number of hydrogen-bond donors (Lipinski definition) is 2. The van der Waals surface area contributed by atoms with Gasteiger partial charge in [-0.15, -0.1) is 0 Å². The number of aliphatic hydroxyl groups excluding tert-OH is 1. The second-order valence-corrected chi connectivity index (χ2v) is 5.67. The van der Waals surface area contributed by atoms with Crippen LogP contribution in [0.15, 0.2) is 24.3 Å². The molecular formula is C10H14FNO3S. The Bertz CT molecular complexity index is 430. The van der Waals surface area contributed by atoms with Crippen LogP contribution in [-0.2, 0) is 16.6 Å². The van der Waals surface area contributed by atoms with E-state index in [1.54, 1.807) is 0 Å². The summed E-state index contributed by atoms with van der Waals surface area (Å²) in [6.07, 6.45) is 0. The second kappa shape index (κ2) is 5.38. The van der Waals surface area contributed by atoms with Crippen molar-refractivity contribution in [2.24, 2.45) is 0 Å². The Morgan fingerprint density at radius 2 is 1.94 bits per heavy atom. The summed E-state index contributed by atoms with van der Waals surface area (Å²) in [5.41, 5.74) is 0.662. The van der Waals surface area contributed by atoms with Gasteiger partial charge in [0.2, 0.25) is 10.0 Å². The van der Waals surface area contributed by atoms with Gasteiger partial charge in [0.1, 0.15) is 5.82 Å². The molecule has 2 N–H and O–H groups in total. The molecular weight excluding hydrogens is 233 g/mol. The van der Waals surface area contributed by atoms with Gasteiger partial charge in [-0.1, -0.05) is 12.1 Å². The number of benzene rings is 1. The van der Waals surface area contributed by atoms with Crippen LogP contribution in [0.1, 0.15) is 12.5 Å². The van der Waals surface area contributed by atoms with E-state index >= 15 is 0 Å². The van der Waals surface area contributed by atoms with Gasteiger partial charge in [0.05, 0.1) is 11.9 Å². The zero-order valence-electron chi connectivity index (χ0n) is 8.85. The number of aliphatic hydroxyl groups is 1. The van der Waals surface area contributed by atoms with Crippen molar-refractivity contribution < 1.29 is 17.9 Å². The van der Waals surface area contributed by atoms with Crippen molar-refractivity contribution in [2.75, 3.05) is 6.61 Å². The molecule has 6 heteroatoms. The summed E-state index contributed by atoms with van der Waals surface area (Å²) in [6, 6.07) is 5.53. The van der Waals surface area contributed by atoms with E-state index in [1.807, 2.05) is 0 Å². The summed E-state index contributed by atoms with van der Waals surface area (Å²) in [7, 11) is -3.51. The van der Waals surface area contributed by atoms with Crippen LogP contribution in [0.25, 0.3) is 0 Å². The summed E-state index contributed by atoms with van der Waals surface area (Å²) >= 11 is 0. The fraction of sp³-hybridized carbons (Fsp3) is 0.400. The Labute approximate surface area is 94.2 Å². The molecule has 4 nitrogen and oxygen atoms in total. The highest BCUT2D eigenvalue weighted by atomic mass is 32.2. The summed E-state index contributed by atoms with van der Waals surface area (Å²) in [6.45, 7) is 1.07. The van der Waals surface area contributed by atoms with E-state index in [9.17, 15) is 12.8 Å². The van der Waals surface area contributed by atoms with Gasteiger partial charge in [0.25, 0.3) is 0 Å². The molecule has 0 bridgehead atoms. The lowest BCUT2D eigenvalue weighted by atomic mass is 10.2. The molecule has 90 valence electrons. The van der Waals surface area contributed by atoms with Gasteiger partial charge in [-0.05, 0) is 24.6 Å². The van der Waals surface area contributed by atoms with Gasteiger partial charge in [-0.2, -0.15) is 0 Å². The van der Waals surface area contributed by atoms with Crippen LogP contribution in [0, 0.1) is 5.82 Å². The maximum absolute atomic E-state index is 12.6. The van der Waals surface area contributed by atoms with Crippen LogP contribution in [-0.4, -0.2) is 25.4 Å². The lowest BCUT2D eigenvalue weighted by Gasteiger charge is -2.11. The average molecular weight is 247 g/mol. The fourth-order valence-electron chi connectivity index (χ4n) is 1.03. The van der Waals surface area contributed by atoms with Crippen molar-refractivity contribution in [2.45, 2.75) is 18.7 Å². The van der Waals surface area contributed by atoms with Crippen LogP contribution in [0.3, 0.4) is 0 Å². The quantitative estimate of drug-likeness (QED) is 0.802. The lowest BCUT2D eigenvalue weighted by molar-refractivity contribution is 0.294. The van der Waals surface area contributed by atoms with E-state index in [0.29, 0.717) is 5.56 Å². The van der Waals surface area contributed by atoms with E-state index < -0.39 is 21.9 Å². The summed E-state index contributed by atoms with van der Waals surface area (Å²) in [5, 5.41) is 7.88. The highest BCUT2D eigenvalue weighted by molar-refractivity contribution is 7.90. The van der Waals surface area contributed by atoms with E-state index in [0.717, 1.165) is 0 Å². The molecule has 0 aromatic heterocycles. The van der Waals surface area contributed by atoms with Gasteiger partial charge in [-0.3, -0.25) is 0 Å². The van der Waals surface area contributed by atoms with Crippen LogP contribution in [0.4, 0.5) is 4.39 Å². The van der Waals surface area contributed by atoms with Crippen LogP contribution < -0.4 is 4.72 Å². The van der Waals surface area contributed by atoms with Gasteiger partial charge in [0, 0.05) is 6.54 Å². The van der Waals surface area contributed by atoms with E-state index in [-0.39, 0.29) is 12.4 Å². The smallest absolute Gasteiger partial charge is 0.216 e. The number of nitrogens with one attached hydrogen (secondary N) is 1. The van der Waals surface area contributed by atoms with Crippen molar-refractivity contribution in [3.63, 3.8) is 0 Å². The predicted molar refractivity (Wildman–Crippen MR) is 58.7 cm³/mol. The Hall–Kier alpha value is -0.980. The number of rotatable bonds is 5. The number of halogens is 1. The molecule has 0 saturated carbocycles. The average Bonchev–Trinajstić information content (AvgIpc) is 2.27. The van der Waals surface area contributed by atoms with Gasteiger partial charge in [0.15, 0.2) is 0 Å². The highest BCUT2D eigenvalue weighted by Gasteiger charge is 2.18. The van der Waals surface area contributed by atoms with Crippen molar-refractivity contribution in [3.8, 4) is 0 Å². The molecule has 0 aliphatic heterocycles. The first-order valence-electron chi connectivity index (χ1n) is 4.79. The summed E-state index contributed by atoms with van der Waals surface area (Å²) in [4.78, 5) is 0. The molecule has 0 fully saturated rings. The van der Waals surface area contributed by atoms with Crippen LogP contribution in [0.5, 0.6) is 0 Å². The molecule has 0 spiro atoms. The highest BCUT2D eigenvalue weighted by Crippen LogP contribution is 2.04. The second-order valence-electron chi connectivity index (χ2n) is 3.49. The minimum Gasteiger partial charge on any atom is -0.395 e. The van der Waals surface area contributed by atoms with Crippen LogP contribution >= 0.6 is 0 Å². The van der Waals surface area contributed by atoms with Gasteiger partial charge in [-0.25, -0.2) is 17.5 Å². The maximum Gasteiger partial charge on any atom is 0.216 e. The molecule has 0 radical (unpaired) electrons. The van der Waals surface area contributed by atoms with Gasteiger partial charge < -0.3 is 5.11 Å². The molecule has 1 aromatic rings. The van der Waals surface area contributed by atoms with E-state index in [4.69, 9.17) is 5.11 Å². The first kappa shape index (κ1) is 13.1. The largest absolute Gasteiger partial charge is 0.395 e. The SMILES string of the molecule is CC(CO)S(=O)(=O)NCc1ccc(F)cc1. The van der Waals surface area contributed by atoms with Gasteiger partial charge >= 0.3 is 0 Å². The van der Waals surface area contributed by atoms with Crippen molar-refractivity contribution in [1.29, 1.82) is 0 Å². The summed E-state index contributed by atoms with van der Waals surface area (Å²) < 4.78 is 37.8. The summed E-state index contributed by atoms with van der Waals surface area (Å²) in [5.74, 6) is -0.365. The standard InChI is InChI=1S/C10H14FNO3S/c1-8(7-13)16(14,15)12-6-9-2-4-10(11)5-3-9/h2-5,8,12-13H,6-7H2,1H3. The topological polar surface area (TPSA) is 66.4 Å². The third kappa shape index (κ3) is 3.55. The minimum atomic E-state index is -3.51. The molecule has 0 aliphatic carbocycles. The first-order valence-corrected chi connectivity index (χ1v) is 6.34. The zero-order valence-corrected chi connectivity index (χ0v) is 9.67. The zero-order chi connectivity index (χ0) is 12.2. The first-order chi connectivity index (χ1) is 7.45. The molecule has 1 atom stereocenters. The molecule has 0 amide bonds. The minimum absolute atomic E-state index is 0.0902. The molecule has 1 rings (SSSR count). The molecule has 16 heavy (non-hydrogen) atoms. The maximum atomic E-state index is 12.6. The molecule has 0 heterocycles. The molecule has 0 aliphatic rings. The van der Waals surface area contributed by atoms with Crippen molar-refractivity contribution in [3.05, 3.63) is 35.6 Å². The Balaban J connectivity index is 2.61. The number of hydrogen-bond acceptors (Lipinski definition) is 3. The van der Waals surface area contributed by atoms with Crippen LogP contribution in [0.2, 0.25) is 0 Å². The van der Waals surface area contributed by atoms with Crippen molar-refractivity contribution in [1.82, 2.24) is 4.72 Å². The lowest BCUT2D eigenvalue weighted by Crippen LogP contribution is -2.34. The molecule has 1 unspecified atom stereocenters. The third-order valence-electron chi connectivity index (χ3n) is 2.18. The van der Waals surface area contributed by atoms with Crippen molar-refractivity contribution >= 4 is 10.0 Å².